The van der Waals surface area contributed by atoms with Crippen molar-refractivity contribution in [1.29, 1.82) is 0 Å². The molecule has 2 atom stereocenters. The second-order valence-corrected chi connectivity index (χ2v) is 8.99. The molecular weight excluding hydrogens is 432 g/mol. The molecule has 0 saturated carbocycles. The topological polar surface area (TPSA) is 122 Å². The number of H-pyrrole nitrogens is 1. The third-order valence-electron chi connectivity index (χ3n) is 6.64. The molecule has 4 N–H and O–H groups in total. The average Bonchev–Trinajstić information content (AvgIpc) is 3.33. The number of carbonyl (C=O) groups is 2. The minimum absolute atomic E-state index is 0.172. The number of aryl methyl sites for hydroxylation is 1. The van der Waals surface area contributed by atoms with Gasteiger partial charge >= 0.3 is 0 Å². The van der Waals surface area contributed by atoms with Crippen LogP contribution in [0.4, 0.5) is 0 Å². The van der Waals surface area contributed by atoms with Crippen LogP contribution in [0.3, 0.4) is 0 Å². The number of benzene rings is 2. The lowest BCUT2D eigenvalue weighted by Crippen LogP contribution is -2.63. The molecule has 8 heteroatoms. The summed E-state index contributed by atoms with van der Waals surface area (Å²) in [5.74, 6) is -1.45. The zero-order valence-corrected chi connectivity index (χ0v) is 19.4. The number of imidazole rings is 1. The van der Waals surface area contributed by atoms with Crippen LogP contribution in [0.25, 0.3) is 0 Å². The first-order valence-electron chi connectivity index (χ1n) is 11.3. The Balaban J connectivity index is 1.58. The first-order chi connectivity index (χ1) is 16.3. The first-order valence-corrected chi connectivity index (χ1v) is 11.3. The highest BCUT2D eigenvalue weighted by molar-refractivity contribution is 5.88. The van der Waals surface area contributed by atoms with Crippen molar-refractivity contribution in [3.8, 4) is 5.75 Å². The number of nitrogens with one attached hydrogen (secondary N) is 1. The predicted octanol–water partition coefficient (Wildman–Crippen LogP) is 1.96. The van der Waals surface area contributed by atoms with Gasteiger partial charge in [-0.25, -0.2) is 4.98 Å². The fourth-order valence-corrected chi connectivity index (χ4v) is 4.73. The molecule has 178 valence electrons. The summed E-state index contributed by atoms with van der Waals surface area (Å²) in [6.07, 6.45) is 3.78. The summed E-state index contributed by atoms with van der Waals surface area (Å²) >= 11 is 0. The van der Waals surface area contributed by atoms with Crippen LogP contribution < -0.4 is 10.5 Å². The first kappa shape index (κ1) is 23.5. The lowest BCUT2D eigenvalue weighted by atomic mass is 9.78. The highest BCUT2D eigenvalue weighted by Crippen LogP contribution is 2.36. The number of aromatic nitrogens is 2. The Morgan fingerprint density at radius 3 is 2.44 bits per heavy atom. The highest BCUT2D eigenvalue weighted by Gasteiger charge is 2.48. The predicted molar refractivity (Wildman–Crippen MR) is 127 cm³/mol. The summed E-state index contributed by atoms with van der Waals surface area (Å²) in [6.45, 7) is 2.29. The van der Waals surface area contributed by atoms with E-state index in [9.17, 15) is 14.7 Å². The minimum atomic E-state index is -1.10. The molecule has 0 aliphatic carbocycles. The Morgan fingerprint density at radius 1 is 1.15 bits per heavy atom. The number of likely N-dealkylation sites (tertiary alicyclic amines) is 1. The molecule has 1 saturated heterocycles. The van der Waals surface area contributed by atoms with E-state index in [2.05, 4.69) is 9.97 Å². The van der Waals surface area contributed by atoms with E-state index in [0.717, 1.165) is 22.4 Å². The number of methoxy groups -OCH3 is 1. The Bertz CT molecular complexity index is 1140. The molecule has 0 spiro atoms. The number of carbonyl (C=O) groups excluding carboxylic acids is 2. The van der Waals surface area contributed by atoms with Crippen molar-refractivity contribution in [3.05, 3.63) is 83.4 Å². The van der Waals surface area contributed by atoms with Crippen molar-refractivity contribution in [2.24, 2.45) is 17.6 Å². The fourth-order valence-electron chi connectivity index (χ4n) is 4.73. The zero-order chi connectivity index (χ0) is 24.3. The molecule has 2 aromatic carbocycles. The van der Waals surface area contributed by atoms with E-state index >= 15 is 0 Å². The summed E-state index contributed by atoms with van der Waals surface area (Å²) in [5.41, 5.74) is 8.12. The molecule has 1 aliphatic heterocycles. The van der Waals surface area contributed by atoms with E-state index in [4.69, 9.17) is 10.5 Å². The molecule has 34 heavy (non-hydrogen) atoms. The monoisotopic (exact) mass is 462 g/mol. The maximum absolute atomic E-state index is 13.7. The molecule has 1 aliphatic rings. The molecule has 1 aromatic heterocycles. The van der Waals surface area contributed by atoms with E-state index in [-0.39, 0.29) is 25.4 Å². The molecule has 2 amide bonds. The molecule has 1 unspecified atom stereocenters. The molecule has 1 fully saturated rings. The van der Waals surface area contributed by atoms with Crippen LogP contribution in [0.15, 0.2) is 61.1 Å². The summed E-state index contributed by atoms with van der Waals surface area (Å²) in [6, 6.07) is 15.0. The van der Waals surface area contributed by atoms with Gasteiger partial charge in [0, 0.05) is 18.3 Å². The number of rotatable bonds is 9. The molecule has 4 rings (SSSR count). The lowest BCUT2D eigenvalue weighted by molar-refractivity contribution is -0.164. The van der Waals surface area contributed by atoms with Crippen LogP contribution in [0.2, 0.25) is 0 Å². The van der Waals surface area contributed by atoms with Crippen LogP contribution in [-0.4, -0.2) is 52.0 Å². The van der Waals surface area contributed by atoms with Crippen LogP contribution in [-0.2, 0) is 28.0 Å². The van der Waals surface area contributed by atoms with Crippen LogP contribution in [0.5, 0.6) is 5.75 Å². The van der Waals surface area contributed by atoms with Crippen molar-refractivity contribution < 1.29 is 19.4 Å². The Hall–Kier alpha value is -3.65. The Kier molecular flexibility index (Phi) is 6.70. The van der Waals surface area contributed by atoms with Crippen LogP contribution >= 0.6 is 0 Å². The molecule has 0 bridgehead atoms. The number of hydrogen-bond donors (Lipinski definition) is 3. The fraction of sp³-hybridized carbons (Fsp3) is 0.346. The maximum Gasteiger partial charge on any atom is 0.227 e. The van der Waals surface area contributed by atoms with Gasteiger partial charge in [0.05, 0.1) is 38.4 Å². The second-order valence-electron chi connectivity index (χ2n) is 8.99. The SMILES string of the molecule is COc1ccc(C[C@H](C(=O)N2CC(O)(c3ccccc3C)C2)C(Cc2cnc[nH]2)C(N)=O)cc1. The Labute approximate surface area is 198 Å². The van der Waals surface area contributed by atoms with Gasteiger partial charge in [0.1, 0.15) is 11.4 Å². The molecular formula is C26H30N4O4. The lowest BCUT2D eigenvalue weighted by Gasteiger charge is -2.48. The highest BCUT2D eigenvalue weighted by atomic mass is 16.5. The van der Waals surface area contributed by atoms with E-state index in [1.165, 1.54) is 6.33 Å². The van der Waals surface area contributed by atoms with Crippen molar-refractivity contribution in [3.63, 3.8) is 0 Å². The normalized spacial score (nSPS) is 16.4. The van der Waals surface area contributed by atoms with Gasteiger partial charge in [-0.3, -0.25) is 9.59 Å². The Morgan fingerprint density at radius 2 is 1.85 bits per heavy atom. The van der Waals surface area contributed by atoms with Gasteiger partial charge in [0.25, 0.3) is 0 Å². The summed E-state index contributed by atoms with van der Waals surface area (Å²) in [4.78, 5) is 34.8. The zero-order valence-electron chi connectivity index (χ0n) is 19.4. The minimum Gasteiger partial charge on any atom is -0.497 e. The number of nitrogens with zero attached hydrogens (tertiary/aromatic N) is 2. The third kappa shape index (κ3) is 4.82. The quantitative estimate of drug-likeness (QED) is 0.449. The van der Waals surface area contributed by atoms with Gasteiger partial charge in [-0.15, -0.1) is 0 Å². The van der Waals surface area contributed by atoms with Gasteiger partial charge in [-0.1, -0.05) is 36.4 Å². The molecule has 2 heterocycles. The number of aliphatic hydroxyl groups is 1. The van der Waals surface area contributed by atoms with Crippen molar-refractivity contribution in [2.45, 2.75) is 25.4 Å². The number of amides is 2. The van der Waals surface area contributed by atoms with Gasteiger partial charge in [-0.2, -0.15) is 0 Å². The standard InChI is InChI=1S/C26H30N4O4/c1-17-5-3-4-6-23(17)26(33)14-30(15-26)25(32)22(11-18-7-9-20(34-2)10-8-18)21(24(27)31)12-19-13-28-16-29-19/h3-10,13,16,21-22,33H,11-12,14-15H2,1-2H3,(H2,27,31)(H,28,29)/t21?,22-/m0/s1. The van der Waals surface area contributed by atoms with Gasteiger partial charge in [0.2, 0.25) is 11.8 Å². The van der Waals surface area contributed by atoms with E-state index in [1.807, 2.05) is 55.5 Å². The maximum atomic E-state index is 13.7. The molecule has 0 radical (unpaired) electrons. The largest absolute Gasteiger partial charge is 0.497 e. The number of primary amides is 1. The molecule has 3 aromatic rings. The summed E-state index contributed by atoms with van der Waals surface area (Å²) < 4.78 is 5.23. The summed E-state index contributed by atoms with van der Waals surface area (Å²) in [5, 5.41) is 11.2. The van der Waals surface area contributed by atoms with E-state index in [0.29, 0.717) is 12.2 Å². The third-order valence-corrected chi connectivity index (χ3v) is 6.64. The summed E-state index contributed by atoms with van der Waals surface area (Å²) in [7, 11) is 1.59. The average molecular weight is 463 g/mol. The van der Waals surface area contributed by atoms with Crippen molar-refractivity contribution >= 4 is 11.8 Å². The number of ether oxygens (including phenoxy) is 1. The van der Waals surface area contributed by atoms with Crippen LogP contribution in [0, 0.1) is 18.8 Å². The number of hydrogen-bond acceptors (Lipinski definition) is 5. The second kappa shape index (κ2) is 9.69. The van der Waals surface area contributed by atoms with E-state index < -0.39 is 23.3 Å². The van der Waals surface area contributed by atoms with Crippen LogP contribution in [0.1, 0.15) is 22.4 Å². The number of β-amino-alcohol motifs (C(OH)–C–C–N with tert-alkyl or cyclic N) is 1. The number of nitrogens with two attached hydrogens (primary N) is 1. The van der Waals surface area contributed by atoms with Crippen molar-refractivity contribution in [1.82, 2.24) is 14.9 Å². The van der Waals surface area contributed by atoms with Gasteiger partial charge in [0.15, 0.2) is 0 Å². The van der Waals surface area contributed by atoms with Gasteiger partial charge < -0.3 is 25.5 Å². The molecule has 8 nitrogen and oxygen atoms in total. The van der Waals surface area contributed by atoms with E-state index in [1.54, 1.807) is 18.2 Å². The van der Waals surface area contributed by atoms with Crippen molar-refractivity contribution in [2.75, 3.05) is 20.2 Å². The van der Waals surface area contributed by atoms with Gasteiger partial charge in [-0.05, 0) is 42.2 Å². The smallest absolute Gasteiger partial charge is 0.227 e. The number of aromatic amines is 1.